The lowest BCUT2D eigenvalue weighted by Gasteiger charge is -2.20. The standard InChI is InChI=1S/C18H23NO2/c1-20-17-11-10-13(14-6-3-4-7-15(14)17)12-19-16-8-5-9-18(16)21-2/h3-4,6-7,10-11,16,18-19H,5,8-9,12H2,1-2H3. The molecule has 0 radical (unpaired) electrons. The molecule has 0 aromatic heterocycles. The first kappa shape index (κ1) is 14.4. The average Bonchev–Trinajstić information content (AvgIpc) is 3.00. The Hall–Kier alpha value is -1.58. The number of ether oxygens (including phenoxy) is 2. The highest BCUT2D eigenvalue weighted by Gasteiger charge is 2.26. The second-order valence-corrected chi connectivity index (χ2v) is 5.66. The lowest BCUT2D eigenvalue weighted by atomic mass is 10.0. The minimum Gasteiger partial charge on any atom is -0.496 e. The lowest BCUT2D eigenvalue weighted by molar-refractivity contribution is 0.0847. The van der Waals surface area contributed by atoms with Gasteiger partial charge in [0, 0.05) is 25.1 Å². The summed E-state index contributed by atoms with van der Waals surface area (Å²) in [6, 6.07) is 13.1. The zero-order valence-electron chi connectivity index (χ0n) is 12.8. The van der Waals surface area contributed by atoms with E-state index in [1.165, 1.54) is 29.2 Å². The Morgan fingerprint density at radius 2 is 1.86 bits per heavy atom. The third-order valence-corrected chi connectivity index (χ3v) is 4.50. The van der Waals surface area contributed by atoms with Gasteiger partial charge in [0.05, 0.1) is 13.2 Å². The number of hydrogen-bond acceptors (Lipinski definition) is 3. The molecule has 0 heterocycles. The molecule has 2 unspecified atom stereocenters. The Morgan fingerprint density at radius 3 is 2.62 bits per heavy atom. The third kappa shape index (κ3) is 2.89. The van der Waals surface area contributed by atoms with Gasteiger partial charge in [0.1, 0.15) is 5.75 Å². The van der Waals surface area contributed by atoms with E-state index in [2.05, 4.69) is 41.7 Å². The normalized spacial score (nSPS) is 21.8. The molecule has 3 nitrogen and oxygen atoms in total. The molecule has 0 saturated heterocycles. The third-order valence-electron chi connectivity index (χ3n) is 4.50. The minimum atomic E-state index is 0.356. The number of hydrogen-bond donors (Lipinski definition) is 1. The van der Waals surface area contributed by atoms with Crippen molar-refractivity contribution in [1.29, 1.82) is 0 Å². The predicted octanol–water partition coefficient (Wildman–Crippen LogP) is 3.51. The van der Waals surface area contributed by atoms with Crippen molar-refractivity contribution in [2.24, 2.45) is 0 Å². The molecule has 0 spiro atoms. The van der Waals surface area contributed by atoms with Crippen LogP contribution in [0.5, 0.6) is 5.75 Å². The van der Waals surface area contributed by atoms with Gasteiger partial charge in [-0.15, -0.1) is 0 Å². The zero-order valence-corrected chi connectivity index (χ0v) is 12.8. The Bertz CT molecular complexity index is 611. The highest BCUT2D eigenvalue weighted by Crippen LogP contribution is 2.29. The molecule has 1 aliphatic carbocycles. The van der Waals surface area contributed by atoms with E-state index in [0.29, 0.717) is 12.1 Å². The van der Waals surface area contributed by atoms with Crippen LogP contribution in [0.3, 0.4) is 0 Å². The monoisotopic (exact) mass is 285 g/mol. The Morgan fingerprint density at radius 1 is 1.05 bits per heavy atom. The molecule has 2 atom stereocenters. The van der Waals surface area contributed by atoms with E-state index >= 15 is 0 Å². The molecule has 112 valence electrons. The number of rotatable bonds is 5. The number of benzene rings is 2. The molecule has 3 heteroatoms. The summed E-state index contributed by atoms with van der Waals surface area (Å²) in [5.74, 6) is 0.935. The van der Waals surface area contributed by atoms with Gasteiger partial charge in [-0.2, -0.15) is 0 Å². The van der Waals surface area contributed by atoms with E-state index in [4.69, 9.17) is 9.47 Å². The summed E-state index contributed by atoms with van der Waals surface area (Å²) in [4.78, 5) is 0. The van der Waals surface area contributed by atoms with Crippen LogP contribution >= 0.6 is 0 Å². The molecule has 2 aromatic carbocycles. The minimum absolute atomic E-state index is 0.356. The summed E-state index contributed by atoms with van der Waals surface area (Å²) in [7, 11) is 3.54. The maximum absolute atomic E-state index is 5.55. The van der Waals surface area contributed by atoms with Crippen molar-refractivity contribution in [3.8, 4) is 5.75 Å². The van der Waals surface area contributed by atoms with Crippen molar-refractivity contribution in [3.63, 3.8) is 0 Å². The molecule has 2 aromatic rings. The van der Waals surface area contributed by atoms with Crippen molar-refractivity contribution < 1.29 is 9.47 Å². The molecule has 1 saturated carbocycles. The van der Waals surface area contributed by atoms with Crippen LogP contribution in [0.1, 0.15) is 24.8 Å². The first-order valence-corrected chi connectivity index (χ1v) is 7.64. The Balaban J connectivity index is 1.81. The smallest absolute Gasteiger partial charge is 0.126 e. The topological polar surface area (TPSA) is 30.5 Å². The Kier molecular flexibility index (Phi) is 4.42. The van der Waals surface area contributed by atoms with Gasteiger partial charge in [0.25, 0.3) is 0 Å². The van der Waals surface area contributed by atoms with E-state index in [9.17, 15) is 0 Å². The van der Waals surface area contributed by atoms with Crippen molar-refractivity contribution in [2.45, 2.75) is 38.0 Å². The van der Waals surface area contributed by atoms with Gasteiger partial charge < -0.3 is 14.8 Å². The highest BCUT2D eigenvalue weighted by atomic mass is 16.5. The van der Waals surface area contributed by atoms with Gasteiger partial charge in [-0.3, -0.25) is 0 Å². The fourth-order valence-corrected chi connectivity index (χ4v) is 3.35. The maximum atomic E-state index is 5.55. The van der Waals surface area contributed by atoms with Crippen molar-refractivity contribution in [2.75, 3.05) is 14.2 Å². The summed E-state index contributed by atoms with van der Waals surface area (Å²) in [6.07, 6.45) is 3.97. The zero-order chi connectivity index (χ0) is 14.7. The molecule has 0 amide bonds. The Labute approximate surface area is 126 Å². The van der Waals surface area contributed by atoms with Gasteiger partial charge in [-0.05, 0) is 36.3 Å². The summed E-state index contributed by atoms with van der Waals surface area (Å²) in [6.45, 7) is 0.870. The number of nitrogens with one attached hydrogen (secondary N) is 1. The first-order valence-electron chi connectivity index (χ1n) is 7.64. The van der Waals surface area contributed by atoms with Crippen molar-refractivity contribution in [1.82, 2.24) is 5.32 Å². The van der Waals surface area contributed by atoms with Crippen LogP contribution in [-0.4, -0.2) is 26.4 Å². The van der Waals surface area contributed by atoms with E-state index in [-0.39, 0.29) is 0 Å². The van der Waals surface area contributed by atoms with E-state index in [1.807, 2.05) is 7.11 Å². The summed E-state index contributed by atoms with van der Waals surface area (Å²) in [5, 5.41) is 6.10. The molecule has 1 N–H and O–H groups in total. The van der Waals surface area contributed by atoms with Crippen LogP contribution in [0.15, 0.2) is 36.4 Å². The van der Waals surface area contributed by atoms with Crippen LogP contribution < -0.4 is 10.1 Å². The van der Waals surface area contributed by atoms with E-state index < -0.39 is 0 Å². The average molecular weight is 285 g/mol. The fraction of sp³-hybridized carbons (Fsp3) is 0.444. The highest BCUT2D eigenvalue weighted by molar-refractivity contribution is 5.91. The second-order valence-electron chi connectivity index (χ2n) is 5.66. The van der Waals surface area contributed by atoms with Crippen LogP contribution in [-0.2, 0) is 11.3 Å². The van der Waals surface area contributed by atoms with Crippen molar-refractivity contribution >= 4 is 10.8 Å². The molecule has 0 aliphatic heterocycles. The quantitative estimate of drug-likeness (QED) is 0.912. The summed E-state index contributed by atoms with van der Waals surface area (Å²) in [5.41, 5.74) is 1.31. The van der Waals surface area contributed by atoms with E-state index in [0.717, 1.165) is 18.7 Å². The second kappa shape index (κ2) is 6.46. The molecule has 1 fully saturated rings. The molecule has 21 heavy (non-hydrogen) atoms. The SMILES string of the molecule is COc1ccc(CNC2CCCC2OC)c2ccccc12. The molecule has 0 bridgehead atoms. The van der Waals surface area contributed by atoms with Crippen LogP contribution in [0, 0.1) is 0 Å². The van der Waals surface area contributed by atoms with Crippen LogP contribution in [0.25, 0.3) is 10.8 Å². The number of methoxy groups -OCH3 is 2. The molecule has 3 rings (SSSR count). The summed E-state index contributed by atoms with van der Waals surface area (Å²) >= 11 is 0. The predicted molar refractivity (Wildman–Crippen MR) is 85.8 cm³/mol. The molecular weight excluding hydrogens is 262 g/mol. The van der Waals surface area contributed by atoms with Crippen molar-refractivity contribution in [3.05, 3.63) is 42.0 Å². The van der Waals surface area contributed by atoms with Crippen LogP contribution in [0.2, 0.25) is 0 Å². The lowest BCUT2D eigenvalue weighted by Crippen LogP contribution is -2.36. The summed E-state index contributed by atoms with van der Waals surface area (Å²) < 4.78 is 11.0. The van der Waals surface area contributed by atoms with Crippen LogP contribution in [0.4, 0.5) is 0 Å². The molecule has 1 aliphatic rings. The van der Waals surface area contributed by atoms with Gasteiger partial charge in [-0.1, -0.05) is 30.3 Å². The maximum Gasteiger partial charge on any atom is 0.126 e. The van der Waals surface area contributed by atoms with E-state index in [1.54, 1.807) is 7.11 Å². The largest absolute Gasteiger partial charge is 0.496 e. The van der Waals surface area contributed by atoms with Gasteiger partial charge in [-0.25, -0.2) is 0 Å². The number of fused-ring (bicyclic) bond motifs is 1. The first-order chi connectivity index (χ1) is 10.3. The van der Waals surface area contributed by atoms with Gasteiger partial charge in [0.2, 0.25) is 0 Å². The van der Waals surface area contributed by atoms with Gasteiger partial charge >= 0.3 is 0 Å². The van der Waals surface area contributed by atoms with Gasteiger partial charge in [0.15, 0.2) is 0 Å². The molecular formula is C18H23NO2. The fourth-order valence-electron chi connectivity index (χ4n) is 3.35.